The molecule has 1 aliphatic rings. The molecule has 0 spiro atoms. The highest BCUT2D eigenvalue weighted by molar-refractivity contribution is 6.04. The van der Waals surface area contributed by atoms with Gasteiger partial charge < -0.3 is 9.47 Å². The highest BCUT2D eigenvalue weighted by Gasteiger charge is 2.42. The Morgan fingerprint density at radius 3 is 2.57 bits per heavy atom. The lowest BCUT2D eigenvalue weighted by molar-refractivity contribution is 0.0982. The standard InChI is InChI=1S/C16H17N3O4/c1-4-23-16(21)19-14(11-5-7-12(22-3)8-6-11)13(9-17)10(2)18-15(19)20/h5-8,13-14H,4H2,1-3H3. The highest BCUT2D eigenvalue weighted by Crippen LogP contribution is 2.35. The van der Waals surface area contributed by atoms with E-state index in [1.807, 2.05) is 0 Å². The molecule has 0 N–H and O–H groups in total. The predicted molar refractivity (Wildman–Crippen MR) is 82.2 cm³/mol. The van der Waals surface area contributed by atoms with Crippen molar-refractivity contribution in [2.45, 2.75) is 19.9 Å². The molecule has 1 aromatic rings. The van der Waals surface area contributed by atoms with Crippen molar-refractivity contribution in [2.75, 3.05) is 13.7 Å². The zero-order valence-electron chi connectivity index (χ0n) is 13.1. The van der Waals surface area contributed by atoms with E-state index in [0.717, 1.165) is 4.90 Å². The number of aliphatic imine (C=N–C) groups is 1. The molecule has 0 aromatic heterocycles. The summed E-state index contributed by atoms with van der Waals surface area (Å²) in [5, 5.41) is 9.46. The number of nitrogens with zero attached hydrogens (tertiary/aromatic N) is 3. The fourth-order valence-corrected chi connectivity index (χ4v) is 2.46. The van der Waals surface area contributed by atoms with Gasteiger partial charge in [0, 0.05) is 5.71 Å². The minimum Gasteiger partial charge on any atom is -0.497 e. The molecule has 2 unspecified atom stereocenters. The second-order valence-electron chi connectivity index (χ2n) is 4.93. The van der Waals surface area contributed by atoms with Crippen LogP contribution in [0.2, 0.25) is 0 Å². The third kappa shape index (κ3) is 3.16. The molecule has 1 heterocycles. The van der Waals surface area contributed by atoms with Gasteiger partial charge in [0.2, 0.25) is 0 Å². The number of ether oxygens (including phenoxy) is 2. The Kier molecular flexibility index (Phi) is 4.96. The van der Waals surface area contributed by atoms with Crippen LogP contribution in [0, 0.1) is 17.2 Å². The lowest BCUT2D eigenvalue weighted by Crippen LogP contribution is -2.46. The van der Waals surface area contributed by atoms with E-state index in [0.29, 0.717) is 17.0 Å². The molecule has 23 heavy (non-hydrogen) atoms. The topological polar surface area (TPSA) is 92.0 Å². The summed E-state index contributed by atoms with van der Waals surface area (Å²) in [4.78, 5) is 29.0. The SMILES string of the molecule is CCOC(=O)N1C(=O)N=C(C)C(C#N)C1c1ccc(OC)cc1. The number of carbonyl (C=O) groups is 2. The first kappa shape index (κ1) is 16.5. The van der Waals surface area contributed by atoms with Crippen molar-refractivity contribution in [1.82, 2.24) is 4.90 Å². The number of amides is 3. The second-order valence-corrected chi connectivity index (χ2v) is 4.93. The van der Waals surface area contributed by atoms with Crippen LogP contribution in [-0.2, 0) is 4.74 Å². The van der Waals surface area contributed by atoms with Crippen molar-refractivity contribution in [3.8, 4) is 11.8 Å². The lowest BCUT2D eigenvalue weighted by Gasteiger charge is -2.34. The quantitative estimate of drug-likeness (QED) is 0.855. The van der Waals surface area contributed by atoms with E-state index in [1.54, 1.807) is 45.2 Å². The van der Waals surface area contributed by atoms with E-state index in [1.165, 1.54) is 0 Å². The molecule has 0 radical (unpaired) electrons. The molecule has 0 fully saturated rings. The molecular formula is C16H17N3O4. The summed E-state index contributed by atoms with van der Waals surface area (Å²) >= 11 is 0. The number of hydrogen-bond donors (Lipinski definition) is 0. The average molecular weight is 315 g/mol. The summed E-state index contributed by atoms with van der Waals surface area (Å²) in [6.07, 6.45) is -0.810. The Balaban J connectivity index is 2.50. The first-order valence-corrected chi connectivity index (χ1v) is 7.12. The molecule has 7 nitrogen and oxygen atoms in total. The second kappa shape index (κ2) is 6.92. The largest absolute Gasteiger partial charge is 0.497 e. The first-order chi connectivity index (χ1) is 11.0. The van der Waals surface area contributed by atoms with E-state index < -0.39 is 24.1 Å². The number of imide groups is 1. The van der Waals surface area contributed by atoms with E-state index in [9.17, 15) is 14.9 Å². The summed E-state index contributed by atoms with van der Waals surface area (Å²) < 4.78 is 10.0. The van der Waals surface area contributed by atoms with Crippen molar-refractivity contribution < 1.29 is 19.1 Å². The number of hydrogen-bond acceptors (Lipinski definition) is 5. The Labute approximate surface area is 134 Å². The zero-order chi connectivity index (χ0) is 17.0. The number of carbonyl (C=O) groups excluding carboxylic acids is 2. The van der Waals surface area contributed by atoms with E-state index in [-0.39, 0.29) is 6.61 Å². The van der Waals surface area contributed by atoms with Crippen LogP contribution in [0.25, 0.3) is 0 Å². The van der Waals surface area contributed by atoms with Crippen molar-refractivity contribution in [1.29, 1.82) is 5.26 Å². The van der Waals surface area contributed by atoms with E-state index in [2.05, 4.69) is 11.1 Å². The highest BCUT2D eigenvalue weighted by atomic mass is 16.6. The monoisotopic (exact) mass is 315 g/mol. The maximum Gasteiger partial charge on any atom is 0.418 e. The molecule has 3 amide bonds. The molecule has 0 saturated heterocycles. The minimum absolute atomic E-state index is 0.123. The summed E-state index contributed by atoms with van der Waals surface area (Å²) in [5.41, 5.74) is 1.01. The fraction of sp³-hybridized carbons (Fsp3) is 0.375. The molecular weight excluding hydrogens is 298 g/mol. The van der Waals surface area contributed by atoms with Crippen LogP contribution in [0.4, 0.5) is 9.59 Å². The summed E-state index contributed by atoms with van der Waals surface area (Å²) in [6, 6.07) is 7.45. The van der Waals surface area contributed by atoms with Gasteiger partial charge in [-0.1, -0.05) is 12.1 Å². The number of rotatable bonds is 3. The molecule has 2 atom stereocenters. The van der Waals surface area contributed by atoms with Crippen molar-refractivity contribution in [3.63, 3.8) is 0 Å². The van der Waals surface area contributed by atoms with Crippen molar-refractivity contribution in [2.24, 2.45) is 10.9 Å². The van der Waals surface area contributed by atoms with E-state index >= 15 is 0 Å². The number of methoxy groups -OCH3 is 1. The predicted octanol–water partition coefficient (Wildman–Crippen LogP) is 2.93. The van der Waals surface area contributed by atoms with Gasteiger partial charge in [0.1, 0.15) is 11.7 Å². The van der Waals surface area contributed by atoms with Crippen molar-refractivity contribution >= 4 is 17.8 Å². The molecule has 1 aliphatic heterocycles. The van der Waals surface area contributed by atoms with Gasteiger partial charge in [-0.15, -0.1) is 0 Å². The van der Waals surface area contributed by atoms with Crippen LogP contribution in [0.1, 0.15) is 25.5 Å². The molecule has 0 aliphatic carbocycles. The average Bonchev–Trinajstić information content (AvgIpc) is 2.54. The van der Waals surface area contributed by atoms with Gasteiger partial charge in [-0.25, -0.2) is 19.5 Å². The molecule has 1 aromatic carbocycles. The molecule has 0 bridgehead atoms. The van der Waals surface area contributed by atoms with Gasteiger partial charge in [0.15, 0.2) is 0 Å². The normalized spacial score (nSPS) is 20.5. The van der Waals surface area contributed by atoms with Gasteiger partial charge in [0.05, 0.1) is 25.8 Å². The molecule has 120 valence electrons. The number of nitriles is 1. The first-order valence-electron chi connectivity index (χ1n) is 7.12. The molecule has 7 heteroatoms. The van der Waals surface area contributed by atoms with Crippen molar-refractivity contribution in [3.05, 3.63) is 29.8 Å². The third-order valence-corrected chi connectivity index (χ3v) is 3.58. The zero-order valence-corrected chi connectivity index (χ0v) is 13.1. The van der Waals surface area contributed by atoms with Gasteiger partial charge in [-0.05, 0) is 31.5 Å². The number of urea groups is 1. The van der Waals surface area contributed by atoms with Crippen LogP contribution in [-0.4, -0.2) is 36.5 Å². The minimum atomic E-state index is -0.810. The smallest absolute Gasteiger partial charge is 0.418 e. The Morgan fingerprint density at radius 2 is 2.04 bits per heavy atom. The van der Waals surface area contributed by atoms with Crippen LogP contribution in [0.15, 0.2) is 29.3 Å². The lowest BCUT2D eigenvalue weighted by atomic mass is 9.88. The van der Waals surface area contributed by atoms with Crippen LogP contribution < -0.4 is 4.74 Å². The maximum absolute atomic E-state index is 12.2. The van der Waals surface area contributed by atoms with E-state index in [4.69, 9.17) is 9.47 Å². The van der Waals surface area contributed by atoms with Crippen LogP contribution >= 0.6 is 0 Å². The Bertz CT molecular complexity index is 676. The van der Waals surface area contributed by atoms with Crippen LogP contribution in [0.5, 0.6) is 5.75 Å². The van der Waals surface area contributed by atoms with Gasteiger partial charge in [-0.2, -0.15) is 5.26 Å². The summed E-state index contributed by atoms with van der Waals surface area (Å²) in [7, 11) is 1.54. The Morgan fingerprint density at radius 1 is 1.39 bits per heavy atom. The molecule has 2 rings (SSSR count). The maximum atomic E-state index is 12.2. The summed E-state index contributed by atoms with van der Waals surface area (Å²) in [6.45, 7) is 3.37. The van der Waals surface area contributed by atoms with Crippen LogP contribution in [0.3, 0.4) is 0 Å². The van der Waals surface area contributed by atoms with Gasteiger partial charge in [-0.3, -0.25) is 0 Å². The molecule has 0 saturated carbocycles. The fourth-order valence-electron chi connectivity index (χ4n) is 2.46. The Hall–Kier alpha value is -2.88. The number of benzene rings is 1. The third-order valence-electron chi connectivity index (χ3n) is 3.58. The van der Waals surface area contributed by atoms with Gasteiger partial charge in [0.25, 0.3) is 0 Å². The van der Waals surface area contributed by atoms with Gasteiger partial charge >= 0.3 is 12.1 Å². The summed E-state index contributed by atoms with van der Waals surface area (Å²) in [5.74, 6) is -0.0945.